The van der Waals surface area contributed by atoms with Gasteiger partial charge in [-0.1, -0.05) is 0 Å². The highest BCUT2D eigenvalue weighted by molar-refractivity contribution is 6.05. The Morgan fingerprint density at radius 1 is 0.395 bits per heavy atom. The normalized spacial score (nSPS) is 16.3. The molecule has 43 heavy (non-hydrogen) atoms. The lowest BCUT2D eigenvalue weighted by atomic mass is 10.0. The standard InChI is InChI=1S/C25H10F12N6/c26-9-2(1-38)10(27)12(29)6(11(9)28)21(39)3-4(22(40)7-13(30)17(34)24(42)18(35)14(7)31)5(3)23(41)8-15(32)19(36)25(43)20(37)16(8)33/h39-43H2/b21-3-,22-4+,23-5?. The molecule has 3 aromatic rings. The summed E-state index contributed by atoms with van der Waals surface area (Å²) in [6, 6.07) is 0.834. The van der Waals surface area contributed by atoms with Gasteiger partial charge in [-0.05, 0) is 0 Å². The Kier molecular flexibility index (Phi) is 7.17. The van der Waals surface area contributed by atoms with E-state index in [9.17, 15) is 52.7 Å². The monoisotopic (exact) mass is 622 g/mol. The van der Waals surface area contributed by atoms with E-state index in [0.29, 0.717) is 0 Å². The first-order valence-electron chi connectivity index (χ1n) is 10.9. The van der Waals surface area contributed by atoms with Crippen molar-refractivity contribution in [3.05, 3.63) is 109 Å². The predicted molar refractivity (Wildman–Crippen MR) is 126 cm³/mol. The summed E-state index contributed by atoms with van der Waals surface area (Å²) in [6.07, 6.45) is 0. The molecule has 18 heteroatoms. The summed E-state index contributed by atoms with van der Waals surface area (Å²) < 4.78 is 174. The quantitative estimate of drug-likeness (QED) is 0.161. The lowest BCUT2D eigenvalue weighted by Crippen LogP contribution is -2.12. The van der Waals surface area contributed by atoms with Crippen molar-refractivity contribution in [2.75, 3.05) is 11.5 Å². The summed E-state index contributed by atoms with van der Waals surface area (Å²) in [6.45, 7) is 0. The van der Waals surface area contributed by atoms with Gasteiger partial charge in [0.1, 0.15) is 23.0 Å². The van der Waals surface area contributed by atoms with Crippen LogP contribution >= 0.6 is 0 Å². The highest BCUT2D eigenvalue weighted by atomic mass is 19.2. The molecule has 0 saturated heterocycles. The number of nitrogen functional groups attached to an aromatic ring is 2. The van der Waals surface area contributed by atoms with Crippen LogP contribution in [-0.4, -0.2) is 0 Å². The molecule has 1 aliphatic carbocycles. The molecule has 0 aliphatic heterocycles. The molecule has 0 spiro atoms. The van der Waals surface area contributed by atoms with Gasteiger partial charge in [0.25, 0.3) is 0 Å². The number of hydrogen-bond acceptors (Lipinski definition) is 6. The Morgan fingerprint density at radius 3 is 0.814 bits per heavy atom. The minimum absolute atomic E-state index is 0.834. The van der Waals surface area contributed by atoms with Gasteiger partial charge in [-0.3, -0.25) is 0 Å². The van der Waals surface area contributed by atoms with Crippen LogP contribution in [0.3, 0.4) is 0 Å². The van der Waals surface area contributed by atoms with E-state index in [2.05, 4.69) is 0 Å². The van der Waals surface area contributed by atoms with Gasteiger partial charge in [-0.25, -0.2) is 52.7 Å². The summed E-state index contributed by atoms with van der Waals surface area (Å²) in [7, 11) is 0. The molecule has 0 amide bonds. The number of hydrogen-bond donors (Lipinski definition) is 5. The van der Waals surface area contributed by atoms with Gasteiger partial charge in [0.15, 0.2) is 69.8 Å². The molecule has 3 aromatic carbocycles. The highest BCUT2D eigenvalue weighted by Gasteiger charge is 2.44. The third kappa shape index (κ3) is 4.14. The van der Waals surface area contributed by atoms with Crippen molar-refractivity contribution < 1.29 is 52.7 Å². The zero-order chi connectivity index (χ0) is 32.6. The van der Waals surface area contributed by atoms with E-state index in [0.717, 1.165) is 6.07 Å². The number of nitrogens with zero attached hydrogens (tertiary/aromatic N) is 1. The van der Waals surface area contributed by atoms with Crippen molar-refractivity contribution in [1.29, 1.82) is 5.26 Å². The number of nitriles is 1. The van der Waals surface area contributed by atoms with Gasteiger partial charge >= 0.3 is 0 Å². The molecule has 10 N–H and O–H groups in total. The van der Waals surface area contributed by atoms with Crippen LogP contribution in [0.15, 0.2) is 16.7 Å². The zero-order valence-electron chi connectivity index (χ0n) is 20.4. The van der Waals surface area contributed by atoms with E-state index < -0.39 is 137 Å². The molecule has 0 bridgehead atoms. The molecule has 1 aliphatic rings. The molecule has 0 aromatic heterocycles. The van der Waals surface area contributed by atoms with E-state index in [1.165, 1.54) is 0 Å². The Bertz CT molecular complexity index is 1780. The molecule has 0 radical (unpaired) electrons. The average Bonchev–Trinajstić information content (AvgIpc) is 3.72. The predicted octanol–water partition coefficient (Wildman–Crippen LogP) is 4.82. The van der Waals surface area contributed by atoms with E-state index in [4.69, 9.17) is 33.9 Å². The van der Waals surface area contributed by atoms with Crippen LogP contribution in [0.1, 0.15) is 22.3 Å². The van der Waals surface area contributed by atoms with Gasteiger partial charge in [0.05, 0.1) is 33.8 Å². The highest BCUT2D eigenvalue weighted by Crippen LogP contribution is 2.55. The molecule has 224 valence electrons. The summed E-state index contributed by atoms with van der Waals surface area (Å²) >= 11 is 0. The molecule has 4 rings (SSSR count). The van der Waals surface area contributed by atoms with Gasteiger partial charge in [-0.2, -0.15) is 5.26 Å². The summed E-state index contributed by atoms with van der Waals surface area (Å²) in [5.74, 6) is -27.2. The largest absolute Gasteiger partial charge is 0.398 e. The summed E-state index contributed by atoms with van der Waals surface area (Å²) in [5, 5.41) is 8.78. The Balaban J connectivity index is 2.22. The average molecular weight is 622 g/mol. The fraction of sp³-hybridized carbons (Fsp3) is 0. The SMILES string of the molecule is N#Cc1c(F)c(F)c(/C(N)=C2/C(=C(N)c3c(F)c(F)c(N)c(F)c3F)/C2=C(/N)c2c(F)c(F)c(N)c(F)c2F)c(F)c1F. The summed E-state index contributed by atoms with van der Waals surface area (Å²) in [5.41, 5.74) is 8.55. The molecule has 0 atom stereocenters. The molecule has 0 heterocycles. The maximum Gasteiger partial charge on any atom is 0.185 e. The van der Waals surface area contributed by atoms with Crippen LogP contribution in [0.5, 0.6) is 0 Å². The molecule has 1 fully saturated rings. The number of nitrogens with two attached hydrogens (primary N) is 5. The lowest BCUT2D eigenvalue weighted by Gasteiger charge is -2.10. The maximum atomic E-state index is 14.8. The van der Waals surface area contributed by atoms with Crippen molar-refractivity contribution in [1.82, 2.24) is 0 Å². The topological polar surface area (TPSA) is 154 Å². The fourth-order valence-electron chi connectivity index (χ4n) is 4.11. The lowest BCUT2D eigenvalue weighted by molar-refractivity contribution is 0.446. The van der Waals surface area contributed by atoms with Crippen molar-refractivity contribution in [3.8, 4) is 6.07 Å². The Hall–Kier alpha value is -5.47. The molecule has 1 saturated carbocycles. The van der Waals surface area contributed by atoms with E-state index in [-0.39, 0.29) is 0 Å². The van der Waals surface area contributed by atoms with Gasteiger partial charge in [0, 0.05) is 16.7 Å². The third-order valence-corrected chi connectivity index (χ3v) is 6.27. The van der Waals surface area contributed by atoms with Crippen molar-refractivity contribution in [2.45, 2.75) is 0 Å². The fourth-order valence-corrected chi connectivity index (χ4v) is 4.11. The number of rotatable bonds is 3. The van der Waals surface area contributed by atoms with E-state index in [1.807, 2.05) is 0 Å². The van der Waals surface area contributed by atoms with Gasteiger partial charge < -0.3 is 28.7 Å². The first kappa shape index (κ1) is 30.5. The number of benzene rings is 3. The first-order valence-corrected chi connectivity index (χ1v) is 10.9. The summed E-state index contributed by atoms with van der Waals surface area (Å²) in [4.78, 5) is 0. The number of allylic oxidation sites excluding steroid dienone is 3. The Morgan fingerprint density at radius 2 is 0.605 bits per heavy atom. The first-order chi connectivity index (χ1) is 19.9. The third-order valence-electron chi connectivity index (χ3n) is 6.27. The number of anilines is 2. The molecule has 0 unspecified atom stereocenters. The van der Waals surface area contributed by atoms with Crippen LogP contribution in [0, 0.1) is 81.1 Å². The minimum Gasteiger partial charge on any atom is -0.398 e. The van der Waals surface area contributed by atoms with Crippen LogP contribution in [-0.2, 0) is 0 Å². The van der Waals surface area contributed by atoms with Crippen molar-refractivity contribution >= 4 is 28.5 Å². The van der Waals surface area contributed by atoms with Crippen molar-refractivity contribution in [3.63, 3.8) is 0 Å². The second-order valence-corrected chi connectivity index (χ2v) is 8.57. The molecule has 6 nitrogen and oxygen atoms in total. The second kappa shape index (κ2) is 10.1. The van der Waals surface area contributed by atoms with Gasteiger partial charge in [-0.15, -0.1) is 0 Å². The van der Waals surface area contributed by atoms with Crippen LogP contribution in [0.4, 0.5) is 64.1 Å². The van der Waals surface area contributed by atoms with Crippen LogP contribution in [0.2, 0.25) is 0 Å². The minimum atomic E-state index is -2.34. The van der Waals surface area contributed by atoms with E-state index in [1.54, 1.807) is 0 Å². The van der Waals surface area contributed by atoms with Crippen LogP contribution in [0.25, 0.3) is 17.1 Å². The molecular formula is C25H10F12N6. The molecular weight excluding hydrogens is 612 g/mol. The smallest absolute Gasteiger partial charge is 0.185 e. The van der Waals surface area contributed by atoms with Crippen molar-refractivity contribution in [2.24, 2.45) is 17.2 Å². The zero-order valence-corrected chi connectivity index (χ0v) is 20.4. The van der Waals surface area contributed by atoms with Crippen LogP contribution < -0.4 is 28.7 Å². The number of halogens is 12. The van der Waals surface area contributed by atoms with E-state index >= 15 is 0 Å². The maximum absolute atomic E-state index is 14.8. The second-order valence-electron chi connectivity index (χ2n) is 8.57. The Labute approximate surface area is 230 Å². The van der Waals surface area contributed by atoms with Gasteiger partial charge in [0.2, 0.25) is 0 Å².